The van der Waals surface area contributed by atoms with Crippen molar-refractivity contribution in [3.63, 3.8) is 0 Å². The number of carbonyl (C=O) groups is 3. The molecule has 0 saturated heterocycles. The zero-order valence-corrected chi connectivity index (χ0v) is 11.3. The van der Waals surface area contributed by atoms with Gasteiger partial charge in [0.05, 0.1) is 0 Å². The van der Waals surface area contributed by atoms with Gasteiger partial charge in [0.1, 0.15) is 0 Å². The number of hydrogen-bond donors (Lipinski definition) is 2. The van der Waals surface area contributed by atoms with Gasteiger partial charge in [-0.1, -0.05) is 0 Å². The molecule has 0 fully saturated rings. The normalized spacial score (nSPS) is 14.8. The summed E-state index contributed by atoms with van der Waals surface area (Å²) in [6.07, 6.45) is 1.09. The molecular weight excluding hydrogens is 258 g/mol. The van der Waals surface area contributed by atoms with Gasteiger partial charge < -0.3 is 10.6 Å². The molecule has 0 saturated carbocycles. The molecule has 0 spiro atoms. The van der Waals surface area contributed by atoms with Gasteiger partial charge in [0.15, 0.2) is 0 Å². The number of fused-ring (bicyclic) bond motifs is 1. The van der Waals surface area contributed by atoms with E-state index in [1.165, 1.54) is 0 Å². The number of anilines is 1. The van der Waals surface area contributed by atoms with Gasteiger partial charge in [-0.3, -0.25) is 19.7 Å². The molecule has 20 heavy (non-hydrogen) atoms. The molecule has 3 N–H and O–H groups in total. The Kier molecular flexibility index (Phi) is 4.02. The predicted octanol–water partition coefficient (Wildman–Crippen LogP) is 0.666. The van der Waals surface area contributed by atoms with Gasteiger partial charge >= 0.3 is 0 Å². The minimum atomic E-state index is -0.333. The van der Waals surface area contributed by atoms with Crippen LogP contribution in [-0.4, -0.2) is 29.2 Å². The van der Waals surface area contributed by atoms with E-state index < -0.39 is 0 Å². The largest absolute Gasteiger partial charge is 0.399 e. The van der Waals surface area contributed by atoms with Crippen molar-refractivity contribution in [3.05, 3.63) is 29.3 Å². The molecule has 1 atom stereocenters. The van der Waals surface area contributed by atoms with E-state index in [1.54, 1.807) is 23.1 Å². The van der Waals surface area contributed by atoms with E-state index in [-0.39, 0.29) is 24.3 Å². The molecular formula is C14H17N3O3. The number of nitrogens with two attached hydrogens (primary N) is 1. The van der Waals surface area contributed by atoms with Crippen LogP contribution in [0.5, 0.6) is 0 Å². The van der Waals surface area contributed by atoms with Crippen molar-refractivity contribution in [2.45, 2.75) is 32.4 Å². The Balaban J connectivity index is 1.99. The summed E-state index contributed by atoms with van der Waals surface area (Å²) in [6, 6.07) is 5.17. The zero-order chi connectivity index (χ0) is 14.7. The predicted molar refractivity (Wildman–Crippen MR) is 73.6 cm³/mol. The molecule has 1 unspecified atom stereocenters. The molecule has 1 aromatic rings. The third kappa shape index (κ3) is 2.79. The number of rotatable bonds is 5. The lowest BCUT2D eigenvalue weighted by Gasteiger charge is -2.23. The number of benzene rings is 1. The van der Waals surface area contributed by atoms with Crippen molar-refractivity contribution in [3.8, 4) is 0 Å². The number of nitrogens with one attached hydrogen (secondary N) is 1. The van der Waals surface area contributed by atoms with E-state index in [1.807, 2.05) is 6.92 Å². The second-order valence-electron chi connectivity index (χ2n) is 4.92. The molecule has 1 aromatic carbocycles. The van der Waals surface area contributed by atoms with Crippen molar-refractivity contribution in [1.29, 1.82) is 0 Å². The highest BCUT2D eigenvalue weighted by molar-refractivity contribution is 5.99. The second-order valence-corrected chi connectivity index (χ2v) is 4.92. The van der Waals surface area contributed by atoms with Gasteiger partial charge in [0, 0.05) is 30.3 Å². The summed E-state index contributed by atoms with van der Waals surface area (Å²) in [5, 5.41) is 2.09. The van der Waals surface area contributed by atoms with Crippen LogP contribution in [0.15, 0.2) is 18.2 Å². The highest BCUT2D eigenvalue weighted by Gasteiger charge is 2.30. The molecule has 1 aliphatic rings. The lowest BCUT2D eigenvalue weighted by atomic mass is 10.1. The summed E-state index contributed by atoms with van der Waals surface area (Å²) in [6.45, 7) is 2.40. The minimum absolute atomic E-state index is 0.0386. The molecule has 0 radical (unpaired) electrons. The molecule has 3 amide bonds. The number of nitrogen functional groups attached to an aromatic ring is 1. The SMILES string of the molecule is CC(CCC(=O)NC=O)N1Cc2cc(N)ccc2C1=O. The summed E-state index contributed by atoms with van der Waals surface area (Å²) >= 11 is 0. The molecule has 106 valence electrons. The molecule has 1 heterocycles. The summed E-state index contributed by atoms with van der Waals surface area (Å²) < 4.78 is 0. The average molecular weight is 275 g/mol. The quantitative estimate of drug-likeness (QED) is 0.610. The van der Waals surface area contributed by atoms with E-state index in [2.05, 4.69) is 5.32 Å². The van der Waals surface area contributed by atoms with Crippen molar-refractivity contribution in [1.82, 2.24) is 10.2 Å². The first-order chi connectivity index (χ1) is 9.52. The molecule has 0 bridgehead atoms. The Morgan fingerprint density at radius 2 is 2.30 bits per heavy atom. The first-order valence-electron chi connectivity index (χ1n) is 6.45. The lowest BCUT2D eigenvalue weighted by Crippen LogP contribution is -2.34. The minimum Gasteiger partial charge on any atom is -0.399 e. The van der Waals surface area contributed by atoms with Crippen LogP contribution in [0.3, 0.4) is 0 Å². The van der Waals surface area contributed by atoms with Gasteiger partial charge in [-0.25, -0.2) is 0 Å². The highest BCUT2D eigenvalue weighted by atomic mass is 16.2. The topological polar surface area (TPSA) is 92.5 Å². The zero-order valence-electron chi connectivity index (χ0n) is 11.3. The molecule has 0 aromatic heterocycles. The van der Waals surface area contributed by atoms with Crippen LogP contribution in [0.1, 0.15) is 35.7 Å². The Morgan fingerprint density at radius 1 is 1.55 bits per heavy atom. The summed E-state index contributed by atoms with van der Waals surface area (Å²) in [4.78, 5) is 35.4. The van der Waals surface area contributed by atoms with Gasteiger partial charge in [-0.15, -0.1) is 0 Å². The molecule has 0 aliphatic carbocycles. The Labute approximate surface area is 116 Å². The Hall–Kier alpha value is -2.37. The fourth-order valence-electron chi connectivity index (χ4n) is 2.35. The molecule has 6 nitrogen and oxygen atoms in total. The Morgan fingerprint density at radius 3 is 3.00 bits per heavy atom. The van der Waals surface area contributed by atoms with Crippen LogP contribution >= 0.6 is 0 Å². The molecule has 1 aliphatic heterocycles. The monoisotopic (exact) mass is 275 g/mol. The summed E-state index contributed by atoms with van der Waals surface area (Å²) in [5.41, 5.74) is 7.94. The maximum absolute atomic E-state index is 12.2. The van der Waals surface area contributed by atoms with E-state index in [9.17, 15) is 14.4 Å². The second kappa shape index (κ2) is 5.73. The van der Waals surface area contributed by atoms with Crippen LogP contribution in [0.4, 0.5) is 5.69 Å². The number of imide groups is 1. The third-order valence-corrected chi connectivity index (χ3v) is 3.50. The fraction of sp³-hybridized carbons (Fsp3) is 0.357. The maximum atomic E-state index is 12.2. The van der Waals surface area contributed by atoms with Gasteiger partial charge in [0.2, 0.25) is 12.3 Å². The maximum Gasteiger partial charge on any atom is 0.254 e. The van der Waals surface area contributed by atoms with Crippen LogP contribution in [0, 0.1) is 0 Å². The lowest BCUT2D eigenvalue weighted by molar-refractivity contribution is -0.125. The van der Waals surface area contributed by atoms with Gasteiger partial charge in [-0.05, 0) is 37.1 Å². The average Bonchev–Trinajstić information content (AvgIpc) is 2.73. The van der Waals surface area contributed by atoms with E-state index >= 15 is 0 Å². The fourth-order valence-corrected chi connectivity index (χ4v) is 2.35. The standard InChI is InChI=1S/C14H17N3O3/c1-9(2-5-13(19)16-8-18)17-7-10-6-11(15)3-4-12(10)14(17)20/h3-4,6,8-9H,2,5,7,15H2,1H3,(H,16,18,19). The number of carbonyl (C=O) groups excluding carboxylic acids is 3. The molecule has 6 heteroatoms. The summed E-state index contributed by atoms with van der Waals surface area (Å²) in [5.74, 6) is -0.372. The van der Waals surface area contributed by atoms with Crippen LogP contribution in [0.2, 0.25) is 0 Å². The number of amides is 3. The van der Waals surface area contributed by atoms with Crippen LogP contribution < -0.4 is 11.1 Å². The highest BCUT2D eigenvalue weighted by Crippen LogP contribution is 2.27. The first-order valence-corrected chi connectivity index (χ1v) is 6.45. The van der Waals surface area contributed by atoms with Crippen molar-refractivity contribution >= 4 is 23.9 Å². The van der Waals surface area contributed by atoms with Crippen LogP contribution in [-0.2, 0) is 16.1 Å². The Bertz CT molecular complexity index is 557. The van der Waals surface area contributed by atoms with Crippen LogP contribution in [0.25, 0.3) is 0 Å². The summed E-state index contributed by atoms with van der Waals surface area (Å²) in [7, 11) is 0. The van der Waals surface area contributed by atoms with Crippen molar-refractivity contribution in [2.75, 3.05) is 5.73 Å². The van der Waals surface area contributed by atoms with Gasteiger partial charge in [0.25, 0.3) is 5.91 Å². The van der Waals surface area contributed by atoms with E-state index in [0.29, 0.717) is 30.6 Å². The van der Waals surface area contributed by atoms with Crippen molar-refractivity contribution < 1.29 is 14.4 Å². The van der Waals surface area contributed by atoms with E-state index in [4.69, 9.17) is 5.73 Å². The van der Waals surface area contributed by atoms with E-state index in [0.717, 1.165) is 5.56 Å². The van der Waals surface area contributed by atoms with Gasteiger partial charge in [-0.2, -0.15) is 0 Å². The number of nitrogens with zero attached hydrogens (tertiary/aromatic N) is 1. The molecule has 2 rings (SSSR count). The number of hydrogen-bond acceptors (Lipinski definition) is 4. The smallest absolute Gasteiger partial charge is 0.254 e. The van der Waals surface area contributed by atoms with Crippen molar-refractivity contribution in [2.24, 2.45) is 0 Å². The first kappa shape index (κ1) is 14.0. The third-order valence-electron chi connectivity index (χ3n) is 3.50.